The lowest BCUT2D eigenvalue weighted by molar-refractivity contribution is 0.112. The zero-order valence-corrected chi connectivity index (χ0v) is 7.40. The molecule has 0 spiro atoms. The maximum atomic E-state index is 10.8. The van der Waals surface area contributed by atoms with E-state index in [1.807, 2.05) is 0 Å². The normalized spacial score (nSPS) is 10.3. The van der Waals surface area contributed by atoms with Gasteiger partial charge in [-0.05, 0) is 23.6 Å². The monoisotopic (exact) mass is 187 g/mol. The zero-order valence-electron chi connectivity index (χ0n) is 7.40. The second-order valence-electron chi connectivity index (χ2n) is 3.10. The van der Waals surface area contributed by atoms with E-state index in [0.29, 0.717) is 22.9 Å². The van der Waals surface area contributed by atoms with Gasteiger partial charge in [-0.15, -0.1) is 0 Å². The number of hydrogen-bond donors (Lipinski definition) is 2. The number of rotatable bonds is 1. The number of carbonyl (C=O) groups excluding carboxylic acids is 1. The average Bonchev–Trinajstić information content (AvgIpc) is 2.16. The molecule has 3 nitrogen and oxygen atoms in total. The maximum Gasteiger partial charge on any atom is 0.150 e. The van der Waals surface area contributed by atoms with Crippen molar-refractivity contribution < 1.29 is 9.90 Å². The van der Waals surface area contributed by atoms with Gasteiger partial charge >= 0.3 is 0 Å². The molecule has 0 unspecified atom stereocenters. The number of hydrogen-bond acceptors (Lipinski definition) is 3. The summed E-state index contributed by atoms with van der Waals surface area (Å²) < 4.78 is 0. The molecule has 0 atom stereocenters. The fraction of sp³-hybridized carbons (Fsp3) is 0. The van der Waals surface area contributed by atoms with E-state index in [0.717, 1.165) is 5.39 Å². The Labute approximate surface area is 80.8 Å². The highest BCUT2D eigenvalue weighted by Gasteiger charge is 2.05. The van der Waals surface area contributed by atoms with Crippen LogP contribution in [0.25, 0.3) is 10.8 Å². The molecule has 0 fully saturated rings. The molecule has 70 valence electrons. The molecule has 3 N–H and O–H groups in total. The first-order chi connectivity index (χ1) is 6.72. The molecular weight excluding hydrogens is 178 g/mol. The number of nitrogen functional groups attached to an aromatic ring is 1. The number of nitrogens with two attached hydrogens (primary N) is 1. The van der Waals surface area contributed by atoms with Gasteiger partial charge in [-0.25, -0.2) is 0 Å². The number of benzene rings is 2. The Morgan fingerprint density at radius 2 is 2.07 bits per heavy atom. The van der Waals surface area contributed by atoms with Crippen molar-refractivity contribution in [2.24, 2.45) is 0 Å². The van der Waals surface area contributed by atoms with Gasteiger partial charge in [-0.1, -0.05) is 12.1 Å². The Morgan fingerprint density at radius 1 is 1.29 bits per heavy atom. The van der Waals surface area contributed by atoms with E-state index in [1.165, 1.54) is 6.07 Å². The van der Waals surface area contributed by atoms with Crippen molar-refractivity contribution in [1.82, 2.24) is 0 Å². The lowest BCUT2D eigenvalue weighted by Gasteiger charge is -2.05. The quantitative estimate of drug-likeness (QED) is 0.529. The van der Waals surface area contributed by atoms with Gasteiger partial charge in [0.25, 0.3) is 0 Å². The highest BCUT2D eigenvalue weighted by molar-refractivity contribution is 6.05. The lowest BCUT2D eigenvalue weighted by atomic mass is 10.0. The predicted molar refractivity (Wildman–Crippen MR) is 55.4 cm³/mol. The molecule has 0 aliphatic carbocycles. The summed E-state index contributed by atoms with van der Waals surface area (Å²) in [7, 11) is 0. The molecule has 0 aromatic heterocycles. The van der Waals surface area contributed by atoms with Crippen LogP contribution in [0.4, 0.5) is 5.69 Å². The number of aromatic hydroxyl groups is 1. The summed E-state index contributed by atoms with van der Waals surface area (Å²) in [6.07, 6.45) is 0.693. The molecule has 0 aliphatic rings. The summed E-state index contributed by atoms with van der Waals surface area (Å²) >= 11 is 0. The highest BCUT2D eigenvalue weighted by Crippen LogP contribution is 2.27. The molecule has 0 bridgehead atoms. The number of phenols is 1. The topological polar surface area (TPSA) is 63.3 Å². The fourth-order valence-corrected chi connectivity index (χ4v) is 1.57. The molecule has 0 aliphatic heterocycles. The number of carbonyl (C=O) groups is 1. The number of phenolic OH excluding ortho intramolecular Hbond substituents is 1. The van der Waals surface area contributed by atoms with Crippen LogP contribution in [0.15, 0.2) is 30.3 Å². The van der Waals surface area contributed by atoms with Gasteiger partial charge in [0.2, 0.25) is 0 Å². The van der Waals surface area contributed by atoms with Crippen molar-refractivity contribution in [3.8, 4) is 5.75 Å². The van der Waals surface area contributed by atoms with Crippen LogP contribution in [0.1, 0.15) is 10.4 Å². The van der Waals surface area contributed by atoms with E-state index >= 15 is 0 Å². The summed E-state index contributed by atoms with van der Waals surface area (Å²) in [6.45, 7) is 0. The second kappa shape index (κ2) is 3.03. The molecule has 0 saturated carbocycles. The number of fused-ring (bicyclic) bond motifs is 1. The van der Waals surface area contributed by atoms with E-state index in [1.54, 1.807) is 24.3 Å². The fourth-order valence-electron chi connectivity index (χ4n) is 1.57. The van der Waals surface area contributed by atoms with Gasteiger partial charge in [0.05, 0.1) is 0 Å². The van der Waals surface area contributed by atoms with Crippen molar-refractivity contribution in [3.05, 3.63) is 35.9 Å². The molecule has 0 heterocycles. The largest absolute Gasteiger partial charge is 0.508 e. The van der Waals surface area contributed by atoms with E-state index in [-0.39, 0.29) is 5.75 Å². The molecule has 3 heteroatoms. The van der Waals surface area contributed by atoms with Crippen molar-refractivity contribution in [2.45, 2.75) is 0 Å². The smallest absolute Gasteiger partial charge is 0.150 e. The Kier molecular flexibility index (Phi) is 1.85. The van der Waals surface area contributed by atoms with Crippen LogP contribution in [0.2, 0.25) is 0 Å². The van der Waals surface area contributed by atoms with Crippen molar-refractivity contribution in [3.63, 3.8) is 0 Å². The van der Waals surface area contributed by atoms with Gasteiger partial charge in [-0.2, -0.15) is 0 Å². The summed E-state index contributed by atoms with van der Waals surface area (Å²) in [5.41, 5.74) is 6.70. The minimum atomic E-state index is 0.0743. The maximum absolute atomic E-state index is 10.8. The van der Waals surface area contributed by atoms with E-state index in [2.05, 4.69) is 0 Å². The van der Waals surface area contributed by atoms with E-state index in [9.17, 15) is 9.90 Å². The average molecular weight is 187 g/mol. The van der Waals surface area contributed by atoms with Gasteiger partial charge < -0.3 is 10.8 Å². The third-order valence-electron chi connectivity index (χ3n) is 2.15. The van der Waals surface area contributed by atoms with Crippen LogP contribution in [-0.4, -0.2) is 11.4 Å². The van der Waals surface area contributed by atoms with Gasteiger partial charge in [0.15, 0.2) is 6.29 Å². The molecular formula is C11H9NO2. The summed E-state index contributed by atoms with van der Waals surface area (Å²) in [6, 6.07) is 8.31. The standard InChI is InChI=1S/C11H9NO2/c12-10-3-1-2-7-4-9(14)5-8(6-13)11(7)10/h1-6,14H,12H2. The van der Waals surface area contributed by atoms with Gasteiger partial charge in [0, 0.05) is 16.6 Å². The third-order valence-corrected chi connectivity index (χ3v) is 2.15. The number of aldehydes is 1. The first kappa shape index (κ1) is 8.56. The van der Waals surface area contributed by atoms with Crippen LogP contribution in [-0.2, 0) is 0 Å². The summed E-state index contributed by atoms with van der Waals surface area (Å²) in [5, 5.41) is 10.8. The molecule has 2 aromatic carbocycles. The molecule has 0 amide bonds. The van der Waals surface area contributed by atoms with Crippen LogP contribution >= 0.6 is 0 Å². The summed E-state index contributed by atoms with van der Waals surface area (Å²) in [5.74, 6) is 0.0743. The van der Waals surface area contributed by atoms with Gasteiger partial charge in [-0.3, -0.25) is 4.79 Å². The first-order valence-corrected chi connectivity index (χ1v) is 4.19. The minimum absolute atomic E-state index is 0.0743. The summed E-state index contributed by atoms with van der Waals surface area (Å²) in [4.78, 5) is 10.8. The third kappa shape index (κ3) is 1.19. The van der Waals surface area contributed by atoms with Gasteiger partial charge in [0.1, 0.15) is 5.75 Å². The van der Waals surface area contributed by atoms with Crippen LogP contribution in [0, 0.1) is 0 Å². The first-order valence-electron chi connectivity index (χ1n) is 4.19. The second-order valence-corrected chi connectivity index (χ2v) is 3.10. The Bertz CT molecular complexity index is 506. The molecule has 2 rings (SSSR count). The lowest BCUT2D eigenvalue weighted by Crippen LogP contribution is -1.91. The van der Waals surface area contributed by atoms with Crippen molar-refractivity contribution in [2.75, 3.05) is 5.73 Å². The van der Waals surface area contributed by atoms with Crippen LogP contribution in [0.5, 0.6) is 5.75 Å². The molecule has 2 aromatic rings. The highest BCUT2D eigenvalue weighted by atomic mass is 16.3. The molecule has 0 saturated heterocycles. The van der Waals surface area contributed by atoms with Crippen LogP contribution < -0.4 is 5.73 Å². The Hall–Kier alpha value is -2.03. The minimum Gasteiger partial charge on any atom is -0.508 e. The van der Waals surface area contributed by atoms with E-state index < -0.39 is 0 Å². The van der Waals surface area contributed by atoms with E-state index in [4.69, 9.17) is 5.73 Å². The SMILES string of the molecule is Nc1cccc2cc(O)cc(C=O)c12. The Balaban J connectivity index is 2.95. The van der Waals surface area contributed by atoms with Crippen molar-refractivity contribution >= 4 is 22.7 Å². The van der Waals surface area contributed by atoms with Crippen molar-refractivity contribution in [1.29, 1.82) is 0 Å². The molecule has 14 heavy (non-hydrogen) atoms. The molecule has 0 radical (unpaired) electrons. The predicted octanol–water partition coefficient (Wildman–Crippen LogP) is 1.94. The zero-order chi connectivity index (χ0) is 10.1. The number of anilines is 1. The Morgan fingerprint density at radius 3 is 2.79 bits per heavy atom. The van der Waals surface area contributed by atoms with Crippen LogP contribution in [0.3, 0.4) is 0 Å².